The molecule has 0 saturated heterocycles. The van der Waals surface area contributed by atoms with Gasteiger partial charge in [-0.15, -0.1) is 0 Å². The van der Waals surface area contributed by atoms with E-state index in [-0.39, 0.29) is 5.41 Å². The number of fused-ring (bicyclic) bond motifs is 5. The highest BCUT2D eigenvalue weighted by atomic mass is 16.1. The van der Waals surface area contributed by atoms with Crippen LogP contribution >= 0.6 is 0 Å². The summed E-state index contributed by atoms with van der Waals surface area (Å²) in [5, 5.41) is 0. The third-order valence-electron chi connectivity index (χ3n) is 10.5. The predicted molar refractivity (Wildman–Crippen MR) is 123 cm³/mol. The summed E-state index contributed by atoms with van der Waals surface area (Å²) in [4.78, 5) is 24.7. The topological polar surface area (TPSA) is 34.1 Å². The first-order chi connectivity index (χ1) is 14.2. The van der Waals surface area contributed by atoms with Crippen molar-refractivity contribution >= 4 is 11.6 Å². The Morgan fingerprint density at radius 3 is 2.60 bits per heavy atom. The van der Waals surface area contributed by atoms with Gasteiger partial charge < -0.3 is 0 Å². The van der Waals surface area contributed by atoms with Crippen LogP contribution in [0.25, 0.3) is 0 Å². The predicted octanol–water partition coefficient (Wildman–Crippen LogP) is 7.17. The Labute approximate surface area is 184 Å². The van der Waals surface area contributed by atoms with Crippen molar-refractivity contribution in [2.75, 3.05) is 0 Å². The van der Waals surface area contributed by atoms with E-state index < -0.39 is 0 Å². The molecule has 0 amide bonds. The molecule has 4 rings (SSSR count). The summed E-state index contributed by atoms with van der Waals surface area (Å²) in [6.45, 7) is 11.8. The van der Waals surface area contributed by atoms with E-state index in [1.807, 2.05) is 0 Å². The summed E-state index contributed by atoms with van der Waals surface area (Å²) in [6.07, 6.45) is 14.2. The molecular weight excluding hydrogens is 368 g/mol. The zero-order valence-corrected chi connectivity index (χ0v) is 20.1. The molecule has 0 heterocycles. The van der Waals surface area contributed by atoms with Crippen molar-refractivity contribution in [3.63, 3.8) is 0 Å². The summed E-state index contributed by atoms with van der Waals surface area (Å²) in [6, 6.07) is 0. The second-order valence-electron chi connectivity index (χ2n) is 12.1. The minimum atomic E-state index is 0.272. The molecule has 0 aromatic heterocycles. The van der Waals surface area contributed by atoms with Crippen molar-refractivity contribution in [2.24, 2.45) is 46.3 Å². The SMILES string of the molecule is CCC(C)CC(=O)CC(C)[C@H]1CC[C@H]2[C@@H]3CC=C4CC(=O)CC[C@]4(C)[C@H]3CC[C@]12C. The first kappa shape index (κ1) is 22.3. The Bertz CT molecular complexity index is 720. The van der Waals surface area contributed by atoms with Gasteiger partial charge in [0.15, 0.2) is 0 Å². The molecule has 0 N–H and O–H groups in total. The lowest BCUT2D eigenvalue weighted by atomic mass is 9.47. The Morgan fingerprint density at radius 1 is 1.10 bits per heavy atom. The molecular formula is C28H44O2. The summed E-state index contributed by atoms with van der Waals surface area (Å²) >= 11 is 0. The van der Waals surface area contributed by atoms with Crippen molar-refractivity contribution in [1.82, 2.24) is 0 Å². The molecule has 0 radical (unpaired) electrons. The molecule has 168 valence electrons. The average Bonchev–Trinajstić information content (AvgIpc) is 3.05. The van der Waals surface area contributed by atoms with Gasteiger partial charge in [-0.25, -0.2) is 0 Å². The van der Waals surface area contributed by atoms with Crippen LogP contribution in [-0.4, -0.2) is 11.6 Å². The van der Waals surface area contributed by atoms with Gasteiger partial charge in [0, 0.05) is 25.7 Å². The van der Waals surface area contributed by atoms with Crippen LogP contribution in [0.2, 0.25) is 0 Å². The molecule has 8 atom stereocenters. The third kappa shape index (κ3) is 3.65. The number of allylic oxidation sites excluding steroid dienone is 2. The Morgan fingerprint density at radius 2 is 1.87 bits per heavy atom. The van der Waals surface area contributed by atoms with Crippen LogP contribution in [0, 0.1) is 46.3 Å². The number of carbonyl (C=O) groups is 2. The lowest BCUT2D eigenvalue weighted by Crippen LogP contribution is -2.50. The fourth-order valence-corrected chi connectivity index (χ4v) is 8.57. The van der Waals surface area contributed by atoms with Gasteiger partial charge in [0.05, 0.1) is 0 Å². The van der Waals surface area contributed by atoms with Gasteiger partial charge in [0.1, 0.15) is 11.6 Å². The molecule has 0 aliphatic heterocycles. The number of ketones is 2. The molecule has 3 fully saturated rings. The molecule has 2 nitrogen and oxygen atoms in total. The summed E-state index contributed by atoms with van der Waals surface area (Å²) in [5.41, 5.74) is 2.15. The Hall–Kier alpha value is -0.920. The van der Waals surface area contributed by atoms with Crippen LogP contribution in [0.4, 0.5) is 0 Å². The van der Waals surface area contributed by atoms with Gasteiger partial charge in [-0.2, -0.15) is 0 Å². The number of hydrogen-bond donors (Lipinski definition) is 0. The highest BCUT2D eigenvalue weighted by Crippen LogP contribution is 2.67. The molecule has 0 aromatic carbocycles. The van der Waals surface area contributed by atoms with E-state index in [2.05, 4.69) is 40.7 Å². The van der Waals surface area contributed by atoms with Crippen molar-refractivity contribution in [3.8, 4) is 0 Å². The Kier molecular flexibility index (Phi) is 6.10. The number of hydrogen-bond acceptors (Lipinski definition) is 2. The molecule has 30 heavy (non-hydrogen) atoms. The Balaban J connectivity index is 1.49. The van der Waals surface area contributed by atoms with E-state index >= 15 is 0 Å². The van der Waals surface area contributed by atoms with Crippen LogP contribution in [0.15, 0.2) is 11.6 Å². The van der Waals surface area contributed by atoms with Crippen LogP contribution in [0.3, 0.4) is 0 Å². The van der Waals surface area contributed by atoms with Crippen LogP contribution in [-0.2, 0) is 9.59 Å². The lowest BCUT2D eigenvalue weighted by molar-refractivity contribution is -0.124. The second kappa shape index (κ2) is 8.21. The average molecular weight is 413 g/mol. The quantitative estimate of drug-likeness (QED) is 0.433. The zero-order chi connectivity index (χ0) is 21.7. The van der Waals surface area contributed by atoms with E-state index in [4.69, 9.17) is 0 Å². The van der Waals surface area contributed by atoms with Crippen molar-refractivity contribution in [3.05, 3.63) is 11.6 Å². The fraction of sp³-hybridized carbons (Fsp3) is 0.857. The minimum absolute atomic E-state index is 0.272. The standard InChI is InChI=1S/C28H44O2/c1-6-18(2)15-22(30)16-19(3)24-9-10-25-23-8-7-20-17-21(29)11-13-27(20,4)26(23)12-14-28(24,25)5/h7,18-19,23-26H,6,8-17H2,1-5H3/t18?,19?,23-,24+,25-,26-,27-,28+/m0/s1. The van der Waals surface area contributed by atoms with Crippen molar-refractivity contribution < 1.29 is 9.59 Å². The van der Waals surface area contributed by atoms with Crippen LogP contribution in [0.5, 0.6) is 0 Å². The van der Waals surface area contributed by atoms with Gasteiger partial charge in [-0.1, -0.05) is 52.7 Å². The molecule has 2 unspecified atom stereocenters. The summed E-state index contributed by atoms with van der Waals surface area (Å²) < 4.78 is 0. The molecule has 2 heteroatoms. The van der Waals surface area contributed by atoms with E-state index in [9.17, 15) is 9.59 Å². The molecule has 4 aliphatic rings. The largest absolute Gasteiger partial charge is 0.300 e. The molecule has 0 aromatic rings. The molecule has 0 spiro atoms. The summed E-state index contributed by atoms with van der Waals surface area (Å²) in [5.74, 6) is 5.06. The first-order valence-electron chi connectivity index (χ1n) is 12.9. The lowest BCUT2D eigenvalue weighted by Gasteiger charge is -2.58. The van der Waals surface area contributed by atoms with E-state index in [1.54, 1.807) is 0 Å². The zero-order valence-electron chi connectivity index (χ0n) is 20.1. The smallest absolute Gasteiger partial charge is 0.136 e. The molecule has 4 aliphatic carbocycles. The molecule has 3 saturated carbocycles. The van der Waals surface area contributed by atoms with Crippen LogP contribution in [0.1, 0.15) is 105 Å². The number of carbonyl (C=O) groups excluding carboxylic acids is 2. The summed E-state index contributed by atoms with van der Waals surface area (Å²) in [7, 11) is 0. The van der Waals surface area contributed by atoms with Crippen molar-refractivity contribution in [1.29, 1.82) is 0 Å². The fourth-order valence-electron chi connectivity index (χ4n) is 8.57. The van der Waals surface area contributed by atoms with Gasteiger partial charge in [0.25, 0.3) is 0 Å². The normalized spacial score (nSPS) is 42.6. The van der Waals surface area contributed by atoms with Gasteiger partial charge >= 0.3 is 0 Å². The van der Waals surface area contributed by atoms with E-state index in [1.165, 1.54) is 37.7 Å². The second-order valence-corrected chi connectivity index (χ2v) is 12.1. The third-order valence-corrected chi connectivity index (χ3v) is 10.5. The van der Waals surface area contributed by atoms with Crippen molar-refractivity contribution in [2.45, 2.75) is 105 Å². The first-order valence-corrected chi connectivity index (χ1v) is 12.9. The molecule has 0 bridgehead atoms. The minimum Gasteiger partial charge on any atom is -0.300 e. The maximum atomic E-state index is 12.7. The van der Waals surface area contributed by atoms with Gasteiger partial charge in [0.2, 0.25) is 0 Å². The highest BCUT2D eigenvalue weighted by molar-refractivity contribution is 5.82. The number of rotatable bonds is 6. The maximum absolute atomic E-state index is 12.7. The van der Waals surface area contributed by atoms with Gasteiger partial charge in [-0.05, 0) is 84.9 Å². The van der Waals surface area contributed by atoms with Crippen LogP contribution < -0.4 is 0 Å². The monoisotopic (exact) mass is 412 g/mol. The van der Waals surface area contributed by atoms with E-state index in [0.717, 1.165) is 56.3 Å². The number of Topliss-reactive ketones (excluding diaryl/α,β-unsaturated/α-hetero) is 2. The van der Waals surface area contributed by atoms with E-state index in [0.29, 0.717) is 34.7 Å². The van der Waals surface area contributed by atoms with Gasteiger partial charge in [-0.3, -0.25) is 9.59 Å². The highest BCUT2D eigenvalue weighted by Gasteiger charge is 2.59. The maximum Gasteiger partial charge on any atom is 0.136 e.